The molecule has 2 nitrogen and oxygen atoms in total. The van der Waals surface area contributed by atoms with Crippen LogP contribution in [-0.2, 0) is 9.47 Å². The first-order chi connectivity index (χ1) is 6.90. The van der Waals surface area contributed by atoms with E-state index < -0.39 is 0 Å². The standard InChI is InChI=1S/C12H18O2/c1-13-11-7-6-10(14-11)12-8-4-2-3-5-9(8)12/h6-12H,2-5H2,1H3/t8-,9+,10?,11?,12?. The summed E-state index contributed by atoms with van der Waals surface area (Å²) in [5.74, 6) is 2.75. The zero-order valence-electron chi connectivity index (χ0n) is 8.69. The van der Waals surface area contributed by atoms with Crippen LogP contribution in [0.25, 0.3) is 0 Å². The first-order valence-corrected chi connectivity index (χ1v) is 5.77. The van der Waals surface area contributed by atoms with Crippen LogP contribution >= 0.6 is 0 Å². The van der Waals surface area contributed by atoms with E-state index in [1.54, 1.807) is 7.11 Å². The smallest absolute Gasteiger partial charge is 0.177 e. The molecule has 3 rings (SSSR count). The molecule has 0 N–H and O–H groups in total. The van der Waals surface area contributed by atoms with Crippen LogP contribution in [0.4, 0.5) is 0 Å². The number of hydrogen-bond donors (Lipinski definition) is 0. The minimum Gasteiger partial charge on any atom is -0.352 e. The van der Waals surface area contributed by atoms with Crippen LogP contribution in [0.3, 0.4) is 0 Å². The van der Waals surface area contributed by atoms with E-state index in [0.29, 0.717) is 6.10 Å². The Kier molecular flexibility index (Phi) is 2.14. The molecule has 2 aliphatic carbocycles. The van der Waals surface area contributed by atoms with Gasteiger partial charge in [0.1, 0.15) is 0 Å². The number of methoxy groups -OCH3 is 1. The van der Waals surface area contributed by atoms with Gasteiger partial charge < -0.3 is 9.47 Å². The lowest BCUT2D eigenvalue weighted by Gasteiger charge is -2.12. The van der Waals surface area contributed by atoms with Crippen molar-refractivity contribution in [3.8, 4) is 0 Å². The third kappa shape index (κ3) is 1.32. The molecule has 1 aliphatic heterocycles. The van der Waals surface area contributed by atoms with Crippen LogP contribution in [-0.4, -0.2) is 19.5 Å². The van der Waals surface area contributed by atoms with Gasteiger partial charge in [0, 0.05) is 7.11 Å². The number of fused-ring (bicyclic) bond motifs is 1. The highest BCUT2D eigenvalue weighted by Gasteiger charge is 2.55. The Morgan fingerprint density at radius 3 is 2.43 bits per heavy atom. The Morgan fingerprint density at radius 2 is 1.86 bits per heavy atom. The first-order valence-electron chi connectivity index (χ1n) is 5.77. The molecule has 3 aliphatic rings. The van der Waals surface area contributed by atoms with Crippen LogP contribution in [0, 0.1) is 17.8 Å². The normalized spacial score (nSPS) is 50.5. The molecule has 0 amide bonds. The quantitative estimate of drug-likeness (QED) is 0.628. The Balaban J connectivity index is 1.61. The molecule has 1 heterocycles. The fourth-order valence-electron chi connectivity index (χ4n) is 3.33. The van der Waals surface area contributed by atoms with Gasteiger partial charge in [-0.2, -0.15) is 0 Å². The summed E-state index contributed by atoms with van der Waals surface area (Å²) < 4.78 is 11.0. The van der Waals surface area contributed by atoms with Gasteiger partial charge in [-0.3, -0.25) is 0 Å². The van der Waals surface area contributed by atoms with E-state index in [9.17, 15) is 0 Å². The van der Waals surface area contributed by atoms with Gasteiger partial charge >= 0.3 is 0 Å². The van der Waals surface area contributed by atoms with Crippen LogP contribution in [0.5, 0.6) is 0 Å². The minimum absolute atomic E-state index is 0.0809. The summed E-state index contributed by atoms with van der Waals surface area (Å²) in [6, 6.07) is 0. The summed E-state index contributed by atoms with van der Waals surface area (Å²) in [6.07, 6.45) is 10.3. The molecule has 0 aromatic carbocycles. The third-order valence-corrected chi connectivity index (χ3v) is 4.08. The maximum Gasteiger partial charge on any atom is 0.177 e. The van der Waals surface area contributed by atoms with Gasteiger partial charge in [0.2, 0.25) is 0 Å². The van der Waals surface area contributed by atoms with E-state index in [-0.39, 0.29) is 6.29 Å². The summed E-state index contributed by atoms with van der Waals surface area (Å²) in [6.45, 7) is 0. The molecule has 5 atom stereocenters. The monoisotopic (exact) mass is 194 g/mol. The second kappa shape index (κ2) is 3.35. The third-order valence-electron chi connectivity index (χ3n) is 4.08. The Labute approximate surface area is 85.3 Å². The SMILES string of the molecule is COC1C=CC(C2[C@H]3CCCC[C@@H]23)O1. The Bertz CT molecular complexity index is 237. The molecule has 78 valence electrons. The largest absolute Gasteiger partial charge is 0.352 e. The van der Waals surface area contributed by atoms with Crippen molar-refractivity contribution in [1.29, 1.82) is 0 Å². The molecule has 0 radical (unpaired) electrons. The molecule has 2 heteroatoms. The van der Waals surface area contributed by atoms with Crippen molar-refractivity contribution in [3.63, 3.8) is 0 Å². The summed E-state index contributed by atoms with van der Waals surface area (Å²) in [4.78, 5) is 0. The van der Waals surface area contributed by atoms with Gasteiger partial charge in [-0.15, -0.1) is 0 Å². The van der Waals surface area contributed by atoms with Crippen LogP contribution in [0.1, 0.15) is 25.7 Å². The minimum atomic E-state index is -0.0809. The van der Waals surface area contributed by atoms with Gasteiger partial charge in [-0.05, 0) is 36.7 Å². The fraction of sp³-hybridized carbons (Fsp3) is 0.833. The summed E-state index contributed by atoms with van der Waals surface area (Å²) in [5, 5.41) is 0. The highest BCUT2D eigenvalue weighted by atomic mass is 16.7. The van der Waals surface area contributed by atoms with Crippen molar-refractivity contribution in [3.05, 3.63) is 12.2 Å². The first kappa shape index (κ1) is 8.93. The van der Waals surface area contributed by atoms with Crippen LogP contribution < -0.4 is 0 Å². The molecule has 0 saturated heterocycles. The van der Waals surface area contributed by atoms with Crippen LogP contribution in [0.2, 0.25) is 0 Å². The van der Waals surface area contributed by atoms with E-state index >= 15 is 0 Å². The average Bonchev–Trinajstić information content (AvgIpc) is 2.77. The molecule has 3 unspecified atom stereocenters. The zero-order valence-corrected chi connectivity index (χ0v) is 8.69. The number of ether oxygens (including phenoxy) is 2. The predicted molar refractivity (Wildman–Crippen MR) is 53.7 cm³/mol. The highest BCUT2D eigenvalue weighted by molar-refractivity contribution is 5.12. The van der Waals surface area contributed by atoms with Crippen molar-refractivity contribution in [2.75, 3.05) is 7.11 Å². The topological polar surface area (TPSA) is 18.5 Å². The van der Waals surface area contributed by atoms with Crippen LogP contribution in [0.15, 0.2) is 12.2 Å². The summed E-state index contributed by atoms with van der Waals surface area (Å²) in [5.41, 5.74) is 0. The van der Waals surface area contributed by atoms with E-state index in [2.05, 4.69) is 12.2 Å². The second-order valence-corrected chi connectivity index (χ2v) is 4.78. The van der Waals surface area contributed by atoms with Gasteiger partial charge in [0.05, 0.1) is 6.10 Å². The van der Waals surface area contributed by atoms with Crippen molar-refractivity contribution in [1.82, 2.24) is 0 Å². The van der Waals surface area contributed by atoms with E-state index in [1.807, 2.05) is 0 Å². The molecule has 2 fully saturated rings. The molecule has 0 bridgehead atoms. The van der Waals surface area contributed by atoms with Gasteiger partial charge in [-0.25, -0.2) is 0 Å². The van der Waals surface area contributed by atoms with E-state index in [0.717, 1.165) is 17.8 Å². The van der Waals surface area contributed by atoms with Crippen molar-refractivity contribution in [2.45, 2.75) is 38.1 Å². The maximum atomic E-state index is 5.79. The van der Waals surface area contributed by atoms with Crippen molar-refractivity contribution < 1.29 is 9.47 Å². The predicted octanol–water partition coefficient (Wildman–Crippen LogP) is 2.35. The maximum absolute atomic E-state index is 5.79. The average molecular weight is 194 g/mol. The molecule has 14 heavy (non-hydrogen) atoms. The lowest BCUT2D eigenvalue weighted by atomic mass is 10.0. The van der Waals surface area contributed by atoms with Gasteiger partial charge in [0.25, 0.3) is 0 Å². The van der Waals surface area contributed by atoms with E-state index in [1.165, 1.54) is 25.7 Å². The van der Waals surface area contributed by atoms with Gasteiger partial charge in [-0.1, -0.05) is 18.9 Å². The molecular formula is C12H18O2. The molecule has 0 spiro atoms. The highest BCUT2D eigenvalue weighted by Crippen LogP contribution is 2.58. The lowest BCUT2D eigenvalue weighted by Crippen LogP contribution is -2.16. The molecule has 0 aromatic rings. The van der Waals surface area contributed by atoms with Gasteiger partial charge in [0.15, 0.2) is 6.29 Å². The van der Waals surface area contributed by atoms with Crippen molar-refractivity contribution in [2.24, 2.45) is 17.8 Å². The zero-order chi connectivity index (χ0) is 9.54. The number of rotatable bonds is 2. The van der Waals surface area contributed by atoms with Crippen molar-refractivity contribution >= 4 is 0 Å². The van der Waals surface area contributed by atoms with E-state index in [4.69, 9.17) is 9.47 Å². The molecular weight excluding hydrogens is 176 g/mol. The lowest BCUT2D eigenvalue weighted by molar-refractivity contribution is -0.105. The Hall–Kier alpha value is -0.340. The number of hydrogen-bond acceptors (Lipinski definition) is 2. The Morgan fingerprint density at radius 1 is 1.14 bits per heavy atom. The summed E-state index contributed by atoms with van der Waals surface area (Å²) in [7, 11) is 1.71. The second-order valence-electron chi connectivity index (χ2n) is 4.78. The fourth-order valence-corrected chi connectivity index (χ4v) is 3.33. The molecule has 0 aromatic heterocycles. The summed E-state index contributed by atoms with van der Waals surface area (Å²) >= 11 is 0. The molecule has 2 saturated carbocycles.